The first kappa shape index (κ1) is 17.2. The molecule has 0 heterocycles. The molecule has 0 aliphatic carbocycles. The fraction of sp³-hybridized carbons (Fsp3) is 0.235. The molecule has 0 aliphatic heterocycles. The molecule has 5 nitrogen and oxygen atoms in total. The minimum absolute atomic E-state index is 0.0931. The zero-order chi connectivity index (χ0) is 17.2. The Kier molecular flexibility index (Phi) is 4.87. The first-order valence-electron chi connectivity index (χ1n) is 7.12. The van der Waals surface area contributed by atoms with Crippen molar-refractivity contribution in [2.24, 2.45) is 0 Å². The fourth-order valence-electron chi connectivity index (χ4n) is 2.26. The first-order chi connectivity index (χ1) is 10.7. The predicted molar refractivity (Wildman–Crippen MR) is 91.2 cm³/mol. The summed E-state index contributed by atoms with van der Waals surface area (Å²) in [5.41, 5.74) is 3.08. The van der Waals surface area contributed by atoms with Gasteiger partial charge in [-0.05, 0) is 55.3 Å². The second kappa shape index (κ2) is 6.52. The van der Waals surface area contributed by atoms with Gasteiger partial charge >= 0.3 is 0 Å². The Morgan fingerprint density at radius 2 is 1.61 bits per heavy atom. The van der Waals surface area contributed by atoms with E-state index in [4.69, 9.17) is 0 Å². The number of amides is 1. The minimum atomic E-state index is -3.57. The Balaban J connectivity index is 2.30. The molecule has 23 heavy (non-hydrogen) atoms. The fourth-order valence-corrected chi connectivity index (χ4v) is 3.21. The molecule has 6 heteroatoms. The highest BCUT2D eigenvalue weighted by Gasteiger charge is 2.18. The van der Waals surface area contributed by atoms with Crippen molar-refractivity contribution < 1.29 is 13.2 Å². The second-order valence-electron chi connectivity index (χ2n) is 5.65. The molecule has 2 aromatic rings. The van der Waals surface area contributed by atoms with Crippen LogP contribution < -0.4 is 5.32 Å². The van der Waals surface area contributed by atoms with E-state index in [0.717, 1.165) is 15.4 Å². The third-order valence-electron chi connectivity index (χ3n) is 3.35. The average Bonchev–Trinajstić information content (AvgIpc) is 2.46. The first-order valence-corrected chi connectivity index (χ1v) is 8.56. The van der Waals surface area contributed by atoms with Gasteiger partial charge in [-0.25, -0.2) is 12.7 Å². The van der Waals surface area contributed by atoms with E-state index in [9.17, 15) is 13.2 Å². The summed E-state index contributed by atoms with van der Waals surface area (Å²) in [6.07, 6.45) is 0. The van der Waals surface area contributed by atoms with Crippen molar-refractivity contribution in [2.75, 3.05) is 19.4 Å². The molecule has 122 valence electrons. The van der Waals surface area contributed by atoms with E-state index >= 15 is 0 Å². The lowest BCUT2D eigenvalue weighted by Gasteiger charge is -2.12. The summed E-state index contributed by atoms with van der Waals surface area (Å²) in [4.78, 5) is 12.5. The maximum Gasteiger partial charge on any atom is 0.255 e. The van der Waals surface area contributed by atoms with Gasteiger partial charge in [-0.3, -0.25) is 4.79 Å². The molecule has 0 bridgehead atoms. The number of rotatable bonds is 4. The number of carbonyl (C=O) groups is 1. The van der Waals surface area contributed by atoms with E-state index in [1.165, 1.54) is 26.2 Å². The molecule has 0 spiro atoms. The number of nitrogens with one attached hydrogen (secondary N) is 1. The highest BCUT2D eigenvalue weighted by atomic mass is 32.2. The Hall–Kier alpha value is -2.18. The largest absolute Gasteiger partial charge is 0.322 e. The van der Waals surface area contributed by atoms with Crippen LogP contribution in [-0.4, -0.2) is 32.7 Å². The summed E-state index contributed by atoms with van der Waals surface area (Å²) < 4.78 is 25.4. The molecule has 0 aliphatic rings. The van der Waals surface area contributed by atoms with Crippen molar-refractivity contribution in [1.29, 1.82) is 0 Å². The smallest absolute Gasteiger partial charge is 0.255 e. The summed E-state index contributed by atoms with van der Waals surface area (Å²) in [6.45, 7) is 3.90. The van der Waals surface area contributed by atoms with Crippen LogP contribution in [0.1, 0.15) is 21.5 Å². The van der Waals surface area contributed by atoms with Gasteiger partial charge in [0.05, 0.1) is 4.90 Å². The number of hydrogen-bond donors (Lipinski definition) is 1. The number of hydrogen-bond acceptors (Lipinski definition) is 3. The van der Waals surface area contributed by atoms with Crippen LogP contribution in [0.2, 0.25) is 0 Å². The molecule has 0 saturated carbocycles. The summed E-state index contributed by atoms with van der Waals surface area (Å²) in [5.74, 6) is -0.342. The molecule has 0 unspecified atom stereocenters. The molecule has 2 aromatic carbocycles. The molecule has 1 N–H and O–H groups in total. The Morgan fingerprint density at radius 1 is 1.00 bits per heavy atom. The molecule has 0 atom stereocenters. The highest BCUT2D eigenvalue weighted by Crippen LogP contribution is 2.18. The van der Waals surface area contributed by atoms with Crippen LogP contribution >= 0.6 is 0 Å². The highest BCUT2D eigenvalue weighted by molar-refractivity contribution is 7.89. The standard InChI is InChI=1S/C17H20N2O3S/c1-12-8-13(2)10-15(9-12)18-17(20)14-6-5-7-16(11-14)23(21,22)19(3)4/h5-11H,1-4H3,(H,18,20). The third-order valence-corrected chi connectivity index (χ3v) is 5.17. The van der Waals surface area contributed by atoms with Crippen LogP contribution in [0.25, 0.3) is 0 Å². The number of nitrogens with zero attached hydrogens (tertiary/aromatic N) is 1. The van der Waals surface area contributed by atoms with Gasteiger partial charge in [0.2, 0.25) is 10.0 Å². The van der Waals surface area contributed by atoms with Gasteiger partial charge in [0.15, 0.2) is 0 Å². The molecular weight excluding hydrogens is 312 g/mol. The molecule has 1 amide bonds. The third kappa shape index (κ3) is 3.97. The van der Waals surface area contributed by atoms with E-state index in [0.29, 0.717) is 11.3 Å². The van der Waals surface area contributed by atoms with E-state index in [1.54, 1.807) is 12.1 Å². The number of sulfonamides is 1. The van der Waals surface area contributed by atoms with Crippen molar-refractivity contribution in [3.8, 4) is 0 Å². The molecule has 0 radical (unpaired) electrons. The average molecular weight is 332 g/mol. The van der Waals surface area contributed by atoms with Crippen molar-refractivity contribution in [3.05, 3.63) is 59.2 Å². The van der Waals surface area contributed by atoms with Crippen molar-refractivity contribution in [2.45, 2.75) is 18.7 Å². The number of aryl methyl sites for hydroxylation is 2. The maximum atomic E-state index is 12.4. The SMILES string of the molecule is Cc1cc(C)cc(NC(=O)c2cccc(S(=O)(=O)N(C)C)c2)c1. The normalized spacial score (nSPS) is 11.5. The number of benzene rings is 2. The molecular formula is C17H20N2O3S. The van der Waals surface area contributed by atoms with Crippen LogP contribution in [-0.2, 0) is 10.0 Å². The lowest BCUT2D eigenvalue weighted by atomic mass is 10.1. The Morgan fingerprint density at radius 3 is 2.17 bits per heavy atom. The predicted octanol–water partition coefficient (Wildman–Crippen LogP) is 2.81. The zero-order valence-corrected chi connectivity index (χ0v) is 14.4. The number of carbonyl (C=O) groups excluding carboxylic acids is 1. The van der Waals surface area contributed by atoms with Gasteiger partial charge in [-0.2, -0.15) is 0 Å². The van der Waals surface area contributed by atoms with E-state index in [1.807, 2.05) is 32.0 Å². The molecule has 2 rings (SSSR count). The summed E-state index contributed by atoms with van der Waals surface area (Å²) >= 11 is 0. The van der Waals surface area contributed by atoms with Gasteiger partial charge in [0, 0.05) is 25.3 Å². The van der Waals surface area contributed by atoms with Crippen LogP contribution in [0.4, 0.5) is 5.69 Å². The lowest BCUT2D eigenvalue weighted by molar-refractivity contribution is 0.102. The van der Waals surface area contributed by atoms with Crippen LogP contribution in [0.5, 0.6) is 0 Å². The van der Waals surface area contributed by atoms with E-state index in [2.05, 4.69) is 5.32 Å². The second-order valence-corrected chi connectivity index (χ2v) is 7.80. The monoisotopic (exact) mass is 332 g/mol. The van der Waals surface area contributed by atoms with Gasteiger partial charge in [-0.15, -0.1) is 0 Å². The summed E-state index contributed by atoms with van der Waals surface area (Å²) in [5, 5.41) is 2.80. The van der Waals surface area contributed by atoms with Crippen molar-refractivity contribution in [1.82, 2.24) is 4.31 Å². The van der Waals surface area contributed by atoms with Gasteiger partial charge in [-0.1, -0.05) is 12.1 Å². The minimum Gasteiger partial charge on any atom is -0.322 e. The lowest BCUT2D eigenvalue weighted by Crippen LogP contribution is -2.22. The van der Waals surface area contributed by atoms with E-state index in [-0.39, 0.29) is 10.8 Å². The topological polar surface area (TPSA) is 66.5 Å². The van der Waals surface area contributed by atoms with Gasteiger partial charge in [0.25, 0.3) is 5.91 Å². The van der Waals surface area contributed by atoms with Gasteiger partial charge < -0.3 is 5.32 Å². The summed E-state index contributed by atoms with van der Waals surface area (Å²) in [7, 11) is -0.654. The van der Waals surface area contributed by atoms with Crippen LogP contribution in [0.3, 0.4) is 0 Å². The van der Waals surface area contributed by atoms with E-state index < -0.39 is 10.0 Å². The van der Waals surface area contributed by atoms with Crippen molar-refractivity contribution >= 4 is 21.6 Å². The summed E-state index contributed by atoms with van der Waals surface area (Å²) in [6, 6.07) is 11.8. The Labute approximate surface area is 137 Å². The molecule has 0 aromatic heterocycles. The zero-order valence-electron chi connectivity index (χ0n) is 13.6. The van der Waals surface area contributed by atoms with Crippen LogP contribution in [0, 0.1) is 13.8 Å². The molecule has 0 fully saturated rings. The van der Waals surface area contributed by atoms with Crippen LogP contribution in [0.15, 0.2) is 47.4 Å². The van der Waals surface area contributed by atoms with Crippen molar-refractivity contribution in [3.63, 3.8) is 0 Å². The molecule has 0 saturated heterocycles. The maximum absolute atomic E-state index is 12.4. The number of anilines is 1. The van der Waals surface area contributed by atoms with Gasteiger partial charge in [0.1, 0.15) is 0 Å². The quantitative estimate of drug-likeness (QED) is 0.936. The Bertz CT molecular complexity index is 822.